The molecule has 1 aliphatic heterocycles. The first-order chi connectivity index (χ1) is 8.86. The summed E-state index contributed by atoms with van der Waals surface area (Å²) in [5, 5.41) is 3.20. The van der Waals surface area contributed by atoms with Gasteiger partial charge in [-0.2, -0.15) is 13.2 Å². The van der Waals surface area contributed by atoms with E-state index < -0.39 is 22.5 Å². The van der Waals surface area contributed by atoms with Crippen molar-refractivity contribution in [2.75, 3.05) is 18.1 Å². The van der Waals surface area contributed by atoms with E-state index in [9.17, 15) is 17.4 Å². The van der Waals surface area contributed by atoms with Crippen LogP contribution in [0.5, 0.6) is 0 Å². The Kier molecular flexibility index (Phi) is 4.30. The summed E-state index contributed by atoms with van der Waals surface area (Å²) in [6.45, 7) is 2.66. The third-order valence-corrected chi connectivity index (χ3v) is 4.80. The van der Waals surface area contributed by atoms with Crippen LogP contribution >= 0.6 is 0 Å². The van der Waals surface area contributed by atoms with Crippen molar-refractivity contribution >= 4 is 10.8 Å². The van der Waals surface area contributed by atoms with Crippen LogP contribution < -0.4 is 5.32 Å². The second-order valence-electron chi connectivity index (χ2n) is 4.96. The normalized spacial score (nSPS) is 28.9. The summed E-state index contributed by atoms with van der Waals surface area (Å²) in [6, 6.07) is 4.98. The molecule has 0 aromatic heterocycles. The Bertz CT molecular complexity index is 475. The van der Waals surface area contributed by atoms with Gasteiger partial charge in [-0.25, -0.2) is 0 Å². The molecule has 19 heavy (non-hydrogen) atoms. The topological polar surface area (TPSA) is 29.1 Å². The smallest absolute Gasteiger partial charge is 0.309 e. The molecule has 1 aromatic carbocycles. The van der Waals surface area contributed by atoms with Gasteiger partial charge in [-0.1, -0.05) is 19.1 Å². The molecule has 0 aliphatic carbocycles. The lowest BCUT2D eigenvalue weighted by atomic mass is 10.0. The van der Waals surface area contributed by atoms with E-state index in [4.69, 9.17) is 0 Å². The Morgan fingerprint density at radius 2 is 2.05 bits per heavy atom. The summed E-state index contributed by atoms with van der Waals surface area (Å²) in [7, 11) is -0.990. The van der Waals surface area contributed by atoms with E-state index in [-0.39, 0.29) is 12.0 Å². The van der Waals surface area contributed by atoms with Crippen LogP contribution in [0.25, 0.3) is 0 Å². The largest absolute Gasteiger partial charge is 0.416 e. The molecule has 1 aromatic rings. The first-order valence-corrected chi connectivity index (χ1v) is 7.60. The zero-order valence-corrected chi connectivity index (χ0v) is 11.4. The van der Waals surface area contributed by atoms with Crippen LogP contribution in [0.2, 0.25) is 0 Å². The second kappa shape index (κ2) is 5.63. The van der Waals surface area contributed by atoms with Crippen molar-refractivity contribution in [1.29, 1.82) is 0 Å². The maximum Gasteiger partial charge on any atom is 0.416 e. The van der Waals surface area contributed by atoms with Crippen molar-refractivity contribution in [3.8, 4) is 0 Å². The predicted molar refractivity (Wildman–Crippen MR) is 69.2 cm³/mol. The lowest BCUT2D eigenvalue weighted by Crippen LogP contribution is -2.26. The van der Waals surface area contributed by atoms with Gasteiger partial charge < -0.3 is 5.32 Å². The number of hydrogen-bond acceptors (Lipinski definition) is 2. The molecule has 106 valence electrons. The van der Waals surface area contributed by atoms with Crippen LogP contribution in [0.1, 0.15) is 24.1 Å². The number of rotatable bonds is 1. The van der Waals surface area contributed by atoms with Gasteiger partial charge >= 0.3 is 6.18 Å². The van der Waals surface area contributed by atoms with E-state index >= 15 is 0 Å². The van der Waals surface area contributed by atoms with Gasteiger partial charge in [-0.15, -0.1) is 0 Å². The van der Waals surface area contributed by atoms with Crippen molar-refractivity contribution in [3.63, 3.8) is 0 Å². The van der Waals surface area contributed by atoms with Gasteiger partial charge in [-0.3, -0.25) is 4.21 Å². The molecule has 1 saturated heterocycles. The molecule has 3 atom stereocenters. The van der Waals surface area contributed by atoms with Gasteiger partial charge in [0.25, 0.3) is 0 Å². The van der Waals surface area contributed by atoms with E-state index in [2.05, 4.69) is 5.32 Å². The highest BCUT2D eigenvalue weighted by molar-refractivity contribution is 7.85. The molecule has 0 radical (unpaired) electrons. The highest BCUT2D eigenvalue weighted by atomic mass is 32.2. The minimum atomic E-state index is -4.34. The number of hydrogen-bond donors (Lipinski definition) is 1. The Balaban J connectivity index is 2.24. The summed E-state index contributed by atoms with van der Waals surface area (Å²) in [4.78, 5) is 0. The molecule has 0 amide bonds. The third-order valence-electron chi connectivity index (χ3n) is 3.15. The number of nitrogens with one attached hydrogen (secondary N) is 1. The second-order valence-corrected chi connectivity index (χ2v) is 6.51. The summed E-state index contributed by atoms with van der Waals surface area (Å²) < 4.78 is 49.8. The molecule has 2 rings (SSSR count). The van der Waals surface area contributed by atoms with Gasteiger partial charge in [-0.05, 0) is 30.2 Å². The zero-order valence-electron chi connectivity index (χ0n) is 10.5. The summed E-state index contributed by atoms with van der Waals surface area (Å²) in [5.41, 5.74) is -0.104. The molecule has 6 heteroatoms. The lowest BCUT2D eigenvalue weighted by molar-refractivity contribution is -0.137. The molecule has 0 saturated carbocycles. The van der Waals surface area contributed by atoms with Gasteiger partial charge in [0.2, 0.25) is 0 Å². The molecule has 1 N–H and O–H groups in total. The van der Waals surface area contributed by atoms with Crippen molar-refractivity contribution < 1.29 is 17.4 Å². The van der Waals surface area contributed by atoms with Gasteiger partial charge in [0.15, 0.2) is 0 Å². The van der Waals surface area contributed by atoms with Gasteiger partial charge in [0.1, 0.15) is 0 Å². The number of halogens is 3. The van der Waals surface area contributed by atoms with E-state index in [1.54, 1.807) is 6.07 Å². The number of benzene rings is 1. The average molecular weight is 291 g/mol. The molecule has 1 heterocycles. The lowest BCUT2D eigenvalue weighted by Gasteiger charge is -2.17. The standard InChI is InChI=1S/C13H16F3NOS/c1-9-6-17-12(8-19(18)7-9)10-3-2-4-11(5-10)13(14,15)16/h2-5,9,12,17H,6-8H2,1H3. The fourth-order valence-electron chi connectivity index (χ4n) is 2.18. The maximum absolute atomic E-state index is 12.7. The molecular formula is C13H16F3NOS. The summed E-state index contributed by atoms with van der Waals surface area (Å²) in [6.07, 6.45) is -4.34. The van der Waals surface area contributed by atoms with Crippen LogP contribution in [0, 0.1) is 5.92 Å². The quantitative estimate of drug-likeness (QED) is 0.862. The van der Waals surface area contributed by atoms with E-state index in [1.807, 2.05) is 6.92 Å². The van der Waals surface area contributed by atoms with Crippen LogP contribution in [0.15, 0.2) is 24.3 Å². The highest BCUT2D eigenvalue weighted by Gasteiger charge is 2.31. The van der Waals surface area contributed by atoms with E-state index in [1.165, 1.54) is 6.07 Å². The van der Waals surface area contributed by atoms with E-state index in [0.717, 1.165) is 12.1 Å². The molecular weight excluding hydrogens is 275 g/mol. The zero-order chi connectivity index (χ0) is 14.0. The van der Waals surface area contributed by atoms with Crippen LogP contribution in [0.4, 0.5) is 13.2 Å². The van der Waals surface area contributed by atoms with Gasteiger partial charge in [0, 0.05) is 28.3 Å². The van der Waals surface area contributed by atoms with Crippen molar-refractivity contribution in [3.05, 3.63) is 35.4 Å². The first-order valence-electron chi connectivity index (χ1n) is 6.12. The molecule has 2 nitrogen and oxygen atoms in total. The Morgan fingerprint density at radius 1 is 1.32 bits per heavy atom. The molecule has 3 unspecified atom stereocenters. The first kappa shape index (κ1) is 14.5. The van der Waals surface area contributed by atoms with Crippen molar-refractivity contribution in [2.24, 2.45) is 5.92 Å². The SMILES string of the molecule is CC1CNC(c2cccc(C(F)(F)F)c2)CS(=O)C1. The fraction of sp³-hybridized carbons (Fsp3) is 0.538. The molecule has 0 bridgehead atoms. The molecule has 0 spiro atoms. The fourth-order valence-corrected chi connectivity index (χ4v) is 3.75. The minimum absolute atomic E-state index is 0.270. The van der Waals surface area contributed by atoms with Gasteiger partial charge in [0.05, 0.1) is 5.56 Å². The maximum atomic E-state index is 12.7. The average Bonchev–Trinajstić information content (AvgIpc) is 2.49. The van der Waals surface area contributed by atoms with Crippen LogP contribution in [-0.4, -0.2) is 22.3 Å². The highest BCUT2D eigenvalue weighted by Crippen LogP contribution is 2.31. The molecule has 1 fully saturated rings. The van der Waals surface area contributed by atoms with Crippen LogP contribution in [0.3, 0.4) is 0 Å². The summed E-state index contributed by atoms with van der Waals surface area (Å²) >= 11 is 0. The number of alkyl halides is 3. The predicted octanol–water partition coefficient (Wildman–Crippen LogP) is 2.73. The van der Waals surface area contributed by atoms with E-state index in [0.29, 0.717) is 23.6 Å². The summed E-state index contributed by atoms with van der Waals surface area (Å²) in [5.74, 6) is 1.24. The van der Waals surface area contributed by atoms with Crippen molar-refractivity contribution in [1.82, 2.24) is 5.32 Å². The Morgan fingerprint density at radius 3 is 2.74 bits per heavy atom. The van der Waals surface area contributed by atoms with Crippen LogP contribution in [-0.2, 0) is 17.0 Å². The van der Waals surface area contributed by atoms with Crippen molar-refractivity contribution in [2.45, 2.75) is 19.1 Å². The molecule has 1 aliphatic rings. The minimum Gasteiger partial charge on any atom is -0.309 e. The Hall–Kier alpha value is -0.880. The monoisotopic (exact) mass is 291 g/mol. The third kappa shape index (κ3) is 3.79. The Labute approximate surface area is 112 Å².